The lowest BCUT2D eigenvalue weighted by Gasteiger charge is -2.05. The predicted molar refractivity (Wildman–Crippen MR) is 111 cm³/mol. The molecule has 29 heavy (non-hydrogen) atoms. The molecule has 0 unspecified atom stereocenters. The van der Waals surface area contributed by atoms with Crippen molar-refractivity contribution in [1.29, 1.82) is 0 Å². The fraction of sp³-hybridized carbons (Fsp3) is 0.652. The maximum absolute atomic E-state index is 11.8. The number of unbranched alkanes of at least 4 members (excludes halogenated alkanes) is 11. The number of benzene rings is 1. The van der Waals surface area contributed by atoms with E-state index in [-0.39, 0.29) is 6.61 Å². The van der Waals surface area contributed by atoms with Crippen LogP contribution in [-0.2, 0) is 19.6 Å². The molecular formula is C23H36O6. The van der Waals surface area contributed by atoms with Crippen LogP contribution in [0.4, 0.5) is 4.79 Å². The molecule has 1 aromatic carbocycles. The second-order valence-corrected chi connectivity index (χ2v) is 7.32. The van der Waals surface area contributed by atoms with Gasteiger partial charge >= 0.3 is 12.1 Å². The van der Waals surface area contributed by atoms with E-state index in [0.29, 0.717) is 5.56 Å². The van der Waals surface area contributed by atoms with Crippen molar-refractivity contribution in [3.05, 3.63) is 35.4 Å². The molecule has 0 aliphatic rings. The SMILES string of the molecule is CCCCCCCCCCCCCCOC(=O)OOOC(=O)c1ccccc1C. The molecule has 0 bridgehead atoms. The molecule has 0 aliphatic heterocycles. The van der Waals surface area contributed by atoms with Gasteiger partial charge in [0.25, 0.3) is 0 Å². The Morgan fingerprint density at radius 2 is 1.31 bits per heavy atom. The van der Waals surface area contributed by atoms with Gasteiger partial charge in [0.2, 0.25) is 0 Å². The van der Waals surface area contributed by atoms with Crippen molar-refractivity contribution in [2.75, 3.05) is 6.61 Å². The van der Waals surface area contributed by atoms with Gasteiger partial charge in [0, 0.05) is 0 Å². The van der Waals surface area contributed by atoms with Gasteiger partial charge in [-0.05, 0) is 25.0 Å². The van der Waals surface area contributed by atoms with Crippen molar-refractivity contribution in [2.45, 2.75) is 90.9 Å². The summed E-state index contributed by atoms with van der Waals surface area (Å²) < 4.78 is 4.87. The van der Waals surface area contributed by atoms with Crippen molar-refractivity contribution < 1.29 is 29.1 Å². The Hall–Kier alpha value is -2.08. The molecule has 0 amide bonds. The highest BCUT2D eigenvalue weighted by molar-refractivity contribution is 5.90. The summed E-state index contributed by atoms with van der Waals surface area (Å²) in [6, 6.07) is 6.86. The molecule has 6 heteroatoms. The Balaban J connectivity index is 1.89. The highest BCUT2D eigenvalue weighted by Crippen LogP contribution is 2.12. The van der Waals surface area contributed by atoms with Crippen LogP contribution in [0.2, 0.25) is 0 Å². The van der Waals surface area contributed by atoms with Gasteiger partial charge in [-0.2, -0.15) is 0 Å². The van der Waals surface area contributed by atoms with Gasteiger partial charge in [-0.15, -0.1) is 0 Å². The van der Waals surface area contributed by atoms with Crippen molar-refractivity contribution >= 4 is 12.1 Å². The maximum Gasteiger partial charge on any atom is 0.543 e. The van der Waals surface area contributed by atoms with E-state index < -0.39 is 12.1 Å². The van der Waals surface area contributed by atoms with Crippen LogP contribution < -0.4 is 0 Å². The molecule has 0 fully saturated rings. The van der Waals surface area contributed by atoms with E-state index in [1.54, 1.807) is 31.2 Å². The fourth-order valence-corrected chi connectivity index (χ4v) is 3.05. The third kappa shape index (κ3) is 12.9. The van der Waals surface area contributed by atoms with Gasteiger partial charge < -0.3 is 4.74 Å². The standard InChI is InChI=1S/C23H36O6/c1-3-4-5-6-7-8-9-10-11-12-13-16-19-26-23(25)28-29-27-22(24)21-18-15-14-17-20(21)2/h14-15,17-18H,3-13,16,19H2,1-2H3. The molecular weight excluding hydrogens is 372 g/mol. The second-order valence-electron chi connectivity index (χ2n) is 7.32. The Kier molecular flexibility index (Phi) is 14.5. The summed E-state index contributed by atoms with van der Waals surface area (Å²) >= 11 is 0. The van der Waals surface area contributed by atoms with Crippen molar-refractivity contribution in [3.8, 4) is 0 Å². The number of carbonyl (C=O) groups excluding carboxylic acids is 2. The summed E-state index contributed by atoms with van der Waals surface area (Å²) in [6.07, 6.45) is 13.8. The summed E-state index contributed by atoms with van der Waals surface area (Å²) in [5, 5.41) is 4.21. The molecule has 164 valence electrons. The molecule has 0 atom stereocenters. The molecule has 0 aromatic heterocycles. The highest BCUT2D eigenvalue weighted by Gasteiger charge is 2.13. The summed E-state index contributed by atoms with van der Waals surface area (Å²) in [5.41, 5.74) is 1.07. The molecule has 0 saturated heterocycles. The Labute approximate surface area is 174 Å². The molecule has 0 spiro atoms. The zero-order chi connectivity index (χ0) is 21.2. The molecule has 0 saturated carbocycles. The summed E-state index contributed by atoms with van der Waals surface area (Å²) in [5.74, 6) is -0.739. The van der Waals surface area contributed by atoms with Crippen LogP contribution in [0.3, 0.4) is 0 Å². The Morgan fingerprint density at radius 3 is 1.90 bits per heavy atom. The van der Waals surface area contributed by atoms with Gasteiger partial charge in [-0.3, -0.25) is 4.89 Å². The van der Waals surface area contributed by atoms with Gasteiger partial charge in [-0.25, -0.2) is 14.5 Å². The van der Waals surface area contributed by atoms with Crippen LogP contribution in [0.5, 0.6) is 0 Å². The summed E-state index contributed by atoms with van der Waals surface area (Å²) in [6.45, 7) is 4.26. The number of ether oxygens (including phenoxy) is 1. The van der Waals surface area contributed by atoms with E-state index >= 15 is 0 Å². The minimum absolute atomic E-state index is 0.255. The first kappa shape index (κ1) is 25.0. The average molecular weight is 409 g/mol. The minimum Gasteiger partial charge on any atom is -0.432 e. The first-order valence-electron chi connectivity index (χ1n) is 10.9. The van der Waals surface area contributed by atoms with Crippen LogP contribution in [0.15, 0.2) is 24.3 Å². The number of aryl methyl sites for hydroxylation is 1. The first-order chi connectivity index (χ1) is 14.1. The summed E-state index contributed by atoms with van der Waals surface area (Å²) in [4.78, 5) is 31.8. The average Bonchev–Trinajstić information content (AvgIpc) is 2.71. The van der Waals surface area contributed by atoms with Crippen molar-refractivity contribution in [2.24, 2.45) is 0 Å². The molecule has 0 radical (unpaired) electrons. The van der Waals surface area contributed by atoms with Crippen LogP contribution in [-0.4, -0.2) is 18.7 Å². The van der Waals surface area contributed by atoms with Crippen LogP contribution in [0, 0.1) is 6.92 Å². The maximum atomic E-state index is 11.8. The lowest BCUT2D eigenvalue weighted by atomic mass is 10.1. The van der Waals surface area contributed by atoms with E-state index in [2.05, 4.69) is 21.7 Å². The van der Waals surface area contributed by atoms with Gasteiger partial charge in [0.15, 0.2) is 0 Å². The number of hydrogen-bond donors (Lipinski definition) is 0. The summed E-state index contributed by atoms with van der Waals surface area (Å²) in [7, 11) is 0. The molecule has 1 rings (SSSR count). The van der Waals surface area contributed by atoms with Crippen LogP contribution in [0.1, 0.15) is 99.9 Å². The van der Waals surface area contributed by atoms with Crippen molar-refractivity contribution in [3.63, 3.8) is 0 Å². The third-order valence-corrected chi connectivity index (χ3v) is 4.79. The third-order valence-electron chi connectivity index (χ3n) is 4.79. The van der Waals surface area contributed by atoms with Gasteiger partial charge in [0.05, 0.1) is 17.2 Å². The van der Waals surface area contributed by atoms with Gasteiger partial charge in [0.1, 0.15) is 0 Å². The van der Waals surface area contributed by atoms with E-state index in [9.17, 15) is 9.59 Å². The molecule has 0 heterocycles. The fourth-order valence-electron chi connectivity index (χ4n) is 3.05. The quantitative estimate of drug-likeness (QED) is 0.129. The normalized spacial score (nSPS) is 10.6. The number of carbonyl (C=O) groups is 2. The zero-order valence-electron chi connectivity index (χ0n) is 18.0. The van der Waals surface area contributed by atoms with Crippen LogP contribution >= 0.6 is 0 Å². The second kappa shape index (κ2) is 16.8. The molecule has 6 nitrogen and oxygen atoms in total. The largest absolute Gasteiger partial charge is 0.543 e. The van der Waals surface area contributed by atoms with E-state index in [1.165, 1.54) is 57.8 Å². The zero-order valence-corrected chi connectivity index (χ0v) is 18.0. The lowest BCUT2D eigenvalue weighted by Crippen LogP contribution is -2.13. The molecule has 1 aromatic rings. The van der Waals surface area contributed by atoms with E-state index in [4.69, 9.17) is 4.74 Å². The topological polar surface area (TPSA) is 71.1 Å². The van der Waals surface area contributed by atoms with E-state index in [1.807, 2.05) is 0 Å². The predicted octanol–water partition coefficient (Wildman–Crippen LogP) is 6.85. The minimum atomic E-state index is -1.02. The van der Waals surface area contributed by atoms with Crippen LogP contribution in [0.25, 0.3) is 0 Å². The highest BCUT2D eigenvalue weighted by atomic mass is 17.5. The molecule has 0 N–H and O–H groups in total. The Morgan fingerprint density at radius 1 is 0.759 bits per heavy atom. The monoisotopic (exact) mass is 408 g/mol. The van der Waals surface area contributed by atoms with Crippen molar-refractivity contribution in [1.82, 2.24) is 0 Å². The molecule has 0 aliphatic carbocycles. The lowest BCUT2D eigenvalue weighted by molar-refractivity contribution is -0.452. The van der Waals surface area contributed by atoms with Gasteiger partial charge in [-0.1, -0.05) is 95.8 Å². The smallest absolute Gasteiger partial charge is 0.432 e. The first-order valence-corrected chi connectivity index (χ1v) is 10.9. The number of hydrogen-bond acceptors (Lipinski definition) is 6. The number of rotatable bonds is 16. The van der Waals surface area contributed by atoms with E-state index in [0.717, 1.165) is 24.8 Å². The Bertz CT molecular complexity index is 572.